The smallest absolute Gasteiger partial charge is 0.326 e. The normalized spacial score (nSPS) is 12.0. The van der Waals surface area contributed by atoms with Gasteiger partial charge >= 0.3 is 5.97 Å². The molecule has 0 saturated carbocycles. The van der Waals surface area contributed by atoms with E-state index in [0.717, 1.165) is 44.2 Å². The minimum atomic E-state index is -1.16. The van der Waals surface area contributed by atoms with Gasteiger partial charge in [-0.25, -0.2) is 13.6 Å². The Morgan fingerprint density at radius 2 is 1.78 bits per heavy atom. The number of halogens is 2. The molecule has 0 bridgehead atoms. The van der Waals surface area contributed by atoms with Crippen molar-refractivity contribution in [2.75, 3.05) is 0 Å². The van der Waals surface area contributed by atoms with Gasteiger partial charge in [0.25, 0.3) is 5.91 Å². The van der Waals surface area contributed by atoms with Gasteiger partial charge in [-0.2, -0.15) is 0 Å². The summed E-state index contributed by atoms with van der Waals surface area (Å²) in [6, 6.07) is 1.49. The maximum atomic E-state index is 13.5. The molecule has 6 heteroatoms. The van der Waals surface area contributed by atoms with Gasteiger partial charge in [-0.15, -0.1) is 0 Å². The molecule has 4 nitrogen and oxygen atoms in total. The monoisotopic (exact) mass is 327 g/mol. The number of unbranched alkanes of at least 4 members (excludes halogenated alkanes) is 5. The topological polar surface area (TPSA) is 66.4 Å². The minimum absolute atomic E-state index is 0.288. The van der Waals surface area contributed by atoms with Crippen LogP contribution in [0.4, 0.5) is 8.78 Å². The Morgan fingerprint density at radius 3 is 2.39 bits per heavy atom. The molecule has 23 heavy (non-hydrogen) atoms. The maximum absolute atomic E-state index is 13.5. The quantitative estimate of drug-likeness (QED) is 0.641. The van der Waals surface area contributed by atoms with E-state index in [1.807, 2.05) is 0 Å². The van der Waals surface area contributed by atoms with Crippen LogP contribution >= 0.6 is 0 Å². The first kappa shape index (κ1) is 19.1. The van der Waals surface area contributed by atoms with Gasteiger partial charge in [0.2, 0.25) is 0 Å². The van der Waals surface area contributed by atoms with Crippen LogP contribution in [-0.2, 0) is 4.79 Å². The fourth-order valence-corrected chi connectivity index (χ4v) is 2.30. The van der Waals surface area contributed by atoms with E-state index in [9.17, 15) is 18.4 Å². The third-order valence-corrected chi connectivity index (χ3v) is 3.63. The highest BCUT2D eigenvalue weighted by molar-refractivity contribution is 5.96. The molecule has 2 N–H and O–H groups in total. The van der Waals surface area contributed by atoms with E-state index in [-0.39, 0.29) is 12.0 Å². The van der Waals surface area contributed by atoms with Crippen LogP contribution in [-0.4, -0.2) is 23.0 Å². The van der Waals surface area contributed by atoms with Crippen LogP contribution in [0.15, 0.2) is 18.2 Å². The maximum Gasteiger partial charge on any atom is 0.326 e. The predicted molar refractivity (Wildman–Crippen MR) is 83.2 cm³/mol. The molecule has 0 spiro atoms. The van der Waals surface area contributed by atoms with E-state index in [4.69, 9.17) is 5.11 Å². The van der Waals surface area contributed by atoms with Crippen molar-refractivity contribution in [1.82, 2.24) is 5.32 Å². The number of amides is 1. The van der Waals surface area contributed by atoms with Crippen LogP contribution in [0.1, 0.15) is 62.2 Å². The van der Waals surface area contributed by atoms with Crippen LogP contribution in [0.2, 0.25) is 0 Å². The first-order chi connectivity index (χ1) is 11.0. The molecule has 0 radical (unpaired) electrons. The van der Waals surface area contributed by atoms with E-state index < -0.39 is 29.6 Å². The summed E-state index contributed by atoms with van der Waals surface area (Å²) < 4.78 is 26.4. The summed E-state index contributed by atoms with van der Waals surface area (Å²) in [5.74, 6) is -3.80. The molecular formula is C17H23F2NO3. The number of aliphatic carboxylic acids is 1. The van der Waals surface area contributed by atoms with Crippen molar-refractivity contribution >= 4 is 11.9 Å². The van der Waals surface area contributed by atoms with Crippen molar-refractivity contribution in [2.45, 2.75) is 57.9 Å². The summed E-state index contributed by atoms with van der Waals surface area (Å²) in [6.45, 7) is 2.12. The number of benzene rings is 1. The Hall–Kier alpha value is -1.98. The number of nitrogens with one attached hydrogen (secondary N) is 1. The first-order valence-corrected chi connectivity index (χ1v) is 7.94. The van der Waals surface area contributed by atoms with E-state index in [0.29, 0.717) is 12.5 Å². The largest absolute Gasteiger partial charge is 0.480 e. The Morgan fingerprint density at radius 1 is 1.13 bits per heavy atom. The van der Waals surface area contributed by atoms with E-state index >= 15 is 0 Å². The minimum Gasteiger partial charge on any atom is -0.480 e. The lowest BCUT2D eigenvalue weighted by Gasteiger charge is -2.14. The van der Waals surface area contributed by atoms with Gasteiger partial charge in [0.1, 0.15) is 17.7 Å². The van der Waals surface area contributed by atoms with Crippen molar-refractivity contribution in [3.63, 3.8) is 0 Å². The van der Waals surface area contributed by atoms with Crippen molar-refractivity contribution < 1.29 is 23.5 Å². The Kier molecular flexibility index (Phi) is 8.22. The lowest BCUT2D eigenvalue weighted by molar-refractivity contribution is -0.139. The van der Waals surface area contributed by atoms with Crippen LogP contribution in [0.5, 0.6) is 0 Å². The lowest BCUT2D eigenvalue weighted by atomic mass is 10.1. The third kappa shape index (κ3) is 6.76. The highest BCUT2D eigenvalue weighted by Gasteiger charge is 2.22. The summed E-state index contributed by atoms with van der Waals surface area (Å²) >= 11 is 0. The molecule has 0 unspecified atom stereocenters. The molecule has 0 aliphatic heterocycles. The van der Waals surface area contributed by atoms with Crippen molar-refractivity contribution in [1.29, 1.82) is 0 Å². The summed E-state index contributed by atoms with van der Waals surface area (Å²) in [5, 5.41) is 11.4. The van der Waals surface area contributed by atoms with Crippen molar-refractivity contribution in [2.24, 2.45) is 0 Å². The van der Waals surface area contributed by atoms with Crippen molar-refractivity contribution in [3.05, 3.63) is 35.4 Å². The van der Waals surface area contributed by atoms with Gasteiger partial charge in [0.15, 0.2) is 0 Å². The zero-order chi connectivity index (χ0) is 17.2. The highest BCUT2D eigenvalue weighted by Crippen LogP contribution is 2.12. The summed E-state index contributed by atoms with van der Waals surface area (Å²) in [7, 11) is 0. The van der Waals surface area contributed by atoms with Crippen LogP contribution < -0.4 is 5.32 Å². The summed E-state index contributed by atoms with van der Waals surface area (Å²) in [4.78, 5) is 23.1. The van der Waals surface area contributed by atoms with E-state index in [1.54, 1.807) is 0 Å². The number of hydrogen-bond donors (Lipinski definition) is 2. The number of hydrogen-bond acceptors (Lipinski definition) is 2. The molecule has 1 amide bonds. The van der Waals surface area contributed by atoms with Crippen molar-refractivity contribution in [3.8, 4) is 0 Å². The van der Waals surface area contributed by atoms with E-state index in [2.05, 4.69) is 12.2 Å². The van der Waals surface area contributed by atoms with Gasteiger partial charge in [0, 0.05) is 6.07 Å². The number of carboxylic acids is 1. The molecule has 1 aromatic rings. The second kappa shape index (κ2) is 9.92. The van der Waals surface area contributed by atoms with Gasteiger partial charge in [-0.05, 0) is 18.6 Å². The van der Waals surface area contributed by atoms with Crippen LogP contribution in [0, 0.1) is 11.6 Å². The van der Waals surface area contributed by atoms with Gasteiger partial charge in [-0.1, -0.05) is 45.4 Å². The first-order valence-electron chi connectivity index (χ1n) is 7.94. The lowest BCUT2D eigenvalue weighted by Crippen LogP contribution is -2.41. The zero-order valence-corrected chi connectivity index (χ0v) is 13.3. The number of carbonyl (C=O) groups excluding carboxylic acids is 1. The second-order valence-electron chi connectivity index (χ2n) is 5.54. The third-order valence-electron chi connectivity index (χ3n) is 3.63. The number of rotatable bonds is 10. The van der Waals surface area contributed by atoms with E-state index in [1.165, 1.54) is 0 Å². The Bertz CT molecular complexity index is 535. The van der Waals surface area contributed by atoms with Gasteiger partial charge in [0.05, 0.1) is 5.56 Å². The standard InChI is InChI=1S/C17H23F2NO3/c1-2-3-4-5-6-7-8-15(17(22)23)20-16(21)13-10-9-12(18)11-14(13)19/h9-11,15H,2-8H2,1H3,(H,20,21)(H,22,23)/t15-/m0/s1. The van der Waals surface area contributed by atoms with Crippen LogP contribution in [0.3, 0.4) is 0 Å². The fourth-order valence-electron chi connectivity index (χ4n) is 2.30. The molecule has 1 rings (SSSR count). The second-order valence-corrected chi connectivity index (χ2v) is 5.54. The summed E-state index contributed by atoms with van der Waals surface area (Å²) in [6.07, 6.45) is 6.29. The highest BCUT2D eigenvalue weighted by atomic mass is 19.1. The molecule has 0 aromatic heterocycles. The Labute approximate surface area is 134 Å². The number of carboxylic acid groups (broad SMARTS) is 1. The molecule has 1 atom stereocenters. The fraction of sp³-hybridized carbons (Fsp3) is 0.529. The molecule has 128 valence electrons. The van der Waals surface area contributed by atoms with Gasteiger partial charge in [-0.3, -0.25) is 4.79 Å². The molecule has 0 heterocycles. The van der Waals surface area contributed by atoms with Gasteiger partial charge < -0.3 is 10.4 Å². The summed E-state index contributed by atoms with van der Waals surface area (Å²) in [5.41, 5.74) is -0.361. The average molecular weight is 327 g/mol. The molecule has 1 aromatic carbocycles. The molecule has 0 aliphatic carbocycles. The average Bonchev–Trinajstić information content (AvgIpc) is 2.49. The van der Waals surface area contributed by atoms with Crippen LogP contribution in [0.25, 0.3) is 0 Å². The molecule has 0 aliphatic rings. The SMILES string of the molecule is CCCCCCCC[C@H](NC(=O)c1ccc(F)cc1F)C(=O)O. The molecule has 0 saturated heterocycles. The number of carbonyl (C=O) groups is 2. The zero-order valence-electron chi connectivity index (χ0n) is 13.3. The molecule has 0 fully saturated rings. The molecular weight excluding hydrogens is 304 g/mol. The predicted octanol–water partition coefficient (Wildman–Crippen LogP) is 3.90. The Balaban J connectivity index is 2.51.